The van der Waals surface area contributed by atoms with Crippen LogP contribution in [-0.4, -0.2) is 27.6 Å². The Morgan fingerprint density at radius 1 is 1.26 bits per heavy atom. The van der Waals surface area contributed by atoms with Crippen LogP contribution < -0.4 is 20.3 Å². The van der Waals surface area contributed by atoms with E-state index in [0.29, 0.717) is 34.9 Å². The molecule has 0 bridgehead atoms. The van der Waals surface area contributed by atoms with Crippen molar-refractivity contribution in [1.82, 2.24) is 20.3 Å². The van der Waals surface area contributed by atoms with Crippen LogP contribution in [0.15, 0.2) is 27.5 Å². The number of nitrogens with one attached hydrogen (secondary N) is 1. The number of fused-ring (bicyclic) bond motifs is 2. The Bertz CT molecular complexity index is 1090. The van der Waals surface area contributed by atoms with Gasteiger partial charge in [0.25, 0.3) is 5.56 Å². The third kappa shape index (κ3) is 3.23. The van der Waals surface area contributed by atoms with Gasteiger partial charge in [-0.05, 0) is 31.5 Å². The number of carbonyl (C=O) groups excluding carboxylic acids is 1. The normalized spacial score (nSPS) is 12.5. The van der Waals surface area contributed by atoms with Crippen molar-refractivity contribution in [2.75, 3.05) is 6.79 Å². The molecule has 0 saturated carbocycles. The average Bonchev–Trinajstić information content (AvgIpc) is 3.28. The SMILES string of the molecule is Cc1nn(CCC(=O)NCc2ccc3c(c2)OCO3)c(=O)c2noc(C)c12. The highest BCUT2D eigenvalue weighted by atomic mass is 16.7. The van der Waals surface area contributed by atoms with Crippen molar-refractivity contribution in [3.8, 4) is 11.5 Å². The number of amides is 1. The molecule has 0 fully saturated rings. The maximum atomic E-state index is 12.4. The Balaban J connectivity index is 1.39. The zero-order valence-electron chi connectivity index (χ0n) is 14.9. The van der Waals surface area contributed by atoms with Crippen molar-refractivity contribution < 1.29 is 18.8 Å². The summed E-state index contributed by atoms with van der Waals surface area (Å²) < 4.78 is 16.9. The summed E-state index contributed by atoms with van der Waals surface area (Å²) in [4.78, 5) is 24.6. The van der Waals surface area contributed by atoms with Gasteiger partial charge < -0.3 is 19.3 Å². The highest BCUT2D eigenvalue weighted by Gasteiger charge is 2.16. The Hall–Kier alpha value is -3.36. The highest BCUT2D eigenvalue weighted by Crippen LogP contribution is 2.32. The Kier molecular flexibility index (Phi) is 4.27. The average molecular weight is 370 g/mol. The molecular weight excluding hydrogens is 352 g/mol. The smallest absolute Gasteiger partial charge is 0.296 e. The molecule has 1 aliphatic heterocycles. The summed E-state index contributed by atoms with van der Waals surface area (Å²) in [6.45, 7) is 4.24. The number of carbonyl (C=O) groups is 1. The first-order valence-corrected chi connectivity index (χ1v) is 8.52. The monoisotopic (exact) mass is 370 g/mol. The second kappa shape index (κ2) is 6.75. The number of benzene rings is 1. The van der Waals surface area contributed by atoms with Crippen LogP contribution in [0, 0.1) is 13.8 Å². The van der Waals surface area contributed by atoms with Gasteiger partial charge in [-0.15, -0.1) is 0 Å². The topological polar surface area (TPSA) is 108 Å². The van der Waals surface area contributed by atoms with E-state index in [9.17, 15) is 9.59 Å². The molecule has 3 heterocycles. The van der Waals surface area contributed by atoms with Crippen LogP contribution in [-0.2, 0) is 17.9 Å². The molecule has 9 nitrogen and oxygen atoms in total. The zero-order chi connectivity index (χ0) is 19.0. The Morgan fingerprint density at radius 2 is 2.07 bits per heavy atom. The minimum absolute atomic E-state index is 0.124. The molecule has 4 rings (SSSR count). The van der Waals surface area contributed by atoms with Crippen LogP contribution in [0.4, 0.5) is 0 Å². The van der Waals surface area contributed by atoms with Crippen LogP contribution in [0.3, 0.4) is 0 Å². The number of aryl methyl sites for hydroxylation is 3. The van der Waals surface area contributed by atoms with Crippen molar-refractivity contribution in [3.05, 3.63) is 45.6 Å². The number of hydrogen-bond donors (Lipinski definition) is 1. The summed E-state index contributed by atoms with van der Waals surface area (Å²) in [5.41, 5.74) is 1.42. The van der Waals surface area contributed by atoms with E-state index in [4.69, 9.17) is 14.0 Å². The summed E-state index contributed by atoms with van der Waals surface area (Å²) in [6, 6.07) is 5.51. The van der Waals surface area contributed by atoms with Gasteiger partial charge in [0, 0.05) is 13.0 Å². The largest absolute Gasteiger partial charge is 0.454 e. The molecule has 1 aliphatic rings. The number of nitrogens with zero attached hydrogens (tertiary/aromatic N) is 3. The fourth-order valence-corrected chi connectivity index (χ4v) is 3.04. The summed E-state index contributed by atoms with van der Waals surface area (Å²) in [5, 5.41) is 11.5. The predicted octanol–water partition coefficient (Wildman–Crippen LogP) is 1.44. The molecule has 140 valence electrons. The first-order chi connectivity index (χ1) is 13.0. The van der Waals surface area contributed by atoms with E-state index in [1.807, 2.05) is 18.2 Å². The highest BCUT2D eigenvalue weighted by molar-refractivity contribution is 5.81. The van der Waals surface area contributed by atoms with Crippen molar-refractivity contribution in [1.29, 1.82) is 0 Å². The third-order valence-corrected chi connectivity index (χ3v) is 4.41. The minimum atomic E-state index is -0.365. The van der Waals surface area contributed by atoms with Crippen LogP contribution in [0.5, 0.6) is 11.5 Å². The van der Waals surface area contributed by atoms with Gasteiger partial charge in [0.15, 0.2) is 17.0 Å². The summed E-state index contributed by atoms with van der Waals surface area (Å²) in [6.07, 6.45) is 0.124. The van der Waals surface area contributed by atoms with Gasteiger partial charge >= 0.3 is 0 Å². The lowest BCUT2D eigenvalue weighted by Gasteiger charge is -2.08. The van der Waals surface area contributed by atoms with E-state index >= 15 is 0 Å². The molecule has 2 aromatic heterocycles. The Labute approximate surface area is 153 Å². The van der Waals surface area contributed by atoms with Gasteiger partial charge in [0.2, 0.25) is 12.7 Å². The molecule has 0 unspecified atom stereocenters. The molecule has 0 aliphatic carbocycles. The van der Waals surface area contributed by atoms with Crippen LogP contribution in [0.25, 0.3) is 10.9 Å². The molecule has 1 N–H and O–H groups in total. The second-order valence-electron chi connectivity index (χ2n) is 6.29. The lowest BCUT2D eigenvalue weighted by molar-refractivity contribution is -0.121. The van der Waals surface area contributed by atoms with Gasteiger partial charge in [-0.2, -0.15) is 5.10 Å². The van der Waals surface area contributed by atoms with Gasteiger partial charge in [-0.1, -0.05) is 11.2 Å². The van der Waals surface area contributed by atoms with E-state index in [-0.39, 0.29) is 36.7 Å². The van der Waals surface area contributed by atoms with E-state index in [0.717, 1.165) is 5.56 Å². The standard InChI is InChI=1S/C18H18N4O5/c1-10-16-11(2)27-21-17(16)18(24)22(20-10)6-5-15(23)19-8-12-3-4-13-14(7-12)26-9-25-13/h3-4,7H,5-6,8-9H2,1-2H3,(H,19,23). The summed E-state index contributed by atoms with van der Waals surface area (Å²) in [7, 11) is 0. The zero-order valence-corrected chi connectivity index (χ0v) is 14.9. The lowest BCUT2D eigenvalue weighted by atomic mass is 10.2. The maximum absolute atomic E-state index is 12.4. The van der Waals surface area contributed by atoms with Gasteiger partial charge in [-0.25, -0.2) is 4.68 Å². The van der Waals surface area contributed by atoms with Gasteiger partial charge in [0.05, 0.1) is 17.6 Å². The van der Waals surface area contributed by atoms with Crippen molar-refractivity contribution in [3.63, 3.8) is 0 Å². The first kappa shape index (κ1) is 17.1. The second-order valence-corrected chi connectivity index (χ2v) is 6.29. The molecule has 1 aromatic carbocycles. The van der Waals surface area contributed by atoms with Crippen LogP contribution >= 0.6 is 0 Å². The summed E-state index contributed by atoms with van der Waals surface area (Å²) >= 11 is 0. The van der Waals surface area contributed by atoms with Gasteiger partial charge in [-0.3, -0.25) is 9.59 Å². The van der Waals surface area contributed by atoms with Crippen molar-refractivity contribution in [2.45, 2.75) is 33.4 Å². The minimum Gasteiger partial charge on any atom is -0.454 e. The van der Waals surface area contributed by atoms with E-state index in [1.165, 1.54) is 4.68 Å². The van der Waals surface area contributed by atoms with Crippen molar-refractivity contribution in [2.24, 2.45) is 0 Å². The fraction of sp³-hybridized carbons (Fsp3) is 0.333. The molecule has 3 aromatic rings. The molecular formula is C18H18N4O5. The predicted molar refractivity (Wildman–Crippen MR) is 94.6 cm³/mol. The fourth-order valence-electron chi connectivity index (χ4n) is 3.04. The maximum Gasteiger partial charge on any atom is 0.296 e. The third-order valence-electron chi connectivity index (χ3n) is 4.41. The molecule has 0 atom stereocenters. The number of hydrogen-bond acceptors (Lipinski definition) is 7. The number of aromatic nitrogens is 3. The Morgan fingerprint density at radius 3 is 2.93 bits per heavy atom. The van der Waals surface area contributed by atoms with Crippen molar-refractivity contribution >= 4 is 16.8 Å². The van der Waals surface area contributed by atoms with E-state index < -0.39 is 0 Å². The lowest BCUT2D eigenvalue weighted by Crippen LogP contribution is -2.29. The van der Waals surface area contributed by atoms with Crippen LogP contribution in [0.2, 0.25) is 0 Å². The first-order valence-electron chi connectivity index (χ1n) is 8.52. The number of ether oxygens (including phenoxy) is 2. The van der Waals surface area contributed by atoms with E-state index in [2.05, 4.69) is 15.6 Å². The number of rotatable bonds is 5. The molecule has 0 radical (unpaired) electrons. The van der Waals surface area contributed by atoms with Gasteiger partial charge in [0.1, 0.15) is 5.76 Å². The molecule has 9 heteroatoms. The summed E-state index contributed by atoms with van der Waals surface area (Å²) in [5.74, 6) is 1.74. The quantitative estimate of drug-likeness (QED) is 0.724. The van der Waals surface area contributed by atoms with E-state index in [1.54, 1.807) is 13.8 Å². The molecule has 0 saturated heterocycles. The molecule has 0 spiro atoms. The molecule has 1 amide bonds. The van der Waals surface area contributed by atoms with Crippen LogP contribution in [0.1, 0.15) is 23.4 Å². The molecule has 27 heavy (non-hydrogen) atoms.